The molecule has 1 aromatic carbocycles. The van der Waals surface area contributed by atoms with Crippen LogP contribution in [-0.4, -0.2) is 78.7 Å². The topological polar surface area (TPSA) is 121 Å². The molecule has 3 atom stereocenters. The van der Waals surface area contributed by atoms with E-state index in [0.717, 1.165) is 11.3 Å². The molecule has 0 saturated heterocycles. The molecule has 0 radical (unpaired) electrons. The van der Waals surface area contributed by atoms with Gasteiger partial charge in [-0.3, -0.25) is 29.0 Å². The van der Waals surface area contributed by atoms with Crippen LogP contribution in [0.1, 0.15) is 64.9 Å². The highest BCUT2D eigenvalue weighted by molar-refractivity contribution is 6.12. The Bertz CT molecular complexity index is 1030. The molecule has 11 nitrogen and oxygen atoms in total. The smallest absolute Gasteiger partial charge is 0.325 e. The van der Waals surface area contributed by atoms with Crippen LogP contribution in [0.25, 0.3) is 0 Å². The summed E-state index contributed by atoms with van der Waals surface area (Å²) in [6.45, 7) is 7.22. The normalized spacial score (nSPS) is 17.2. The third-order valence-corrected chi connectivity index (χ3v) is 6.61. The van der Waals surface area contributed by atoms with E-state index in [1.165, 1.54) is 17.1 Å². The summed E-state index contributed by atoms with van der Waals surface area (Å²) >= 11 is 0. The number of unbranched alkanes of at least 4 members (excludes halogenated alkanes) is 3. The van der Waals surface area contributed by atoms with Crippen LogP contribution in [0.5, 0.6) is 5.75 Å². The average molecular weight is 561 g/mol. The van der Waals surface area contributed by atoms with Crippen LogP contribution in [0.15, 0.2) is 36.4 Å². The number of benzene rings is 1. The fourth-order valence-corrected chi connectivity index (χ4v) is 4.23. The average Bonchev–Trinajstić information content (AvgIpc) is 3.26. The van der Waals surface area contributed by atoms with Crippen LogP contribution in [-0.2, 0) is 44.7 Å². The molecule has 0 aromatic heterocycles. The number of nitrogens with zero attached hydrogens (tertiary/aromatic N) is 2. The summed E-state index contributed by atoms with van der Waals surface area (Å²) in [5.74, 6) is -0.466. The Hall–Kier alpha value is -3.28. The summed E-state index contributed by atoms with van der Waals surface area (Å²) in [5.41, 5.74) is 1.03. The van der Waals surface area contributed by atoms with Crippen molar-refractivity contribution in [2.24, 2.45) is 0 Å². The molecule has 0 N–H and O–H groups in total. The molecule has 3 unspecified atom stereocenters. The number of hydrogen-bond acceptors (Lipinski definition) is 10. The van der Waals surface area contributed by atoms with Crippen molar-refractivity contribution in [3.63, 3.8) is 0 Å². The van der Waals surface area contributed by atoms with E-state index in [0.29, 0.717) is 65.1 Å². The zero-order valence-electron chi connectivity index (χ0n) is 23.5. The first-order chi connectivity index (χ1) is 19.2. The Morgan fingerprint density at radius 3 is 2.23 bits per heavy atom. The number of amides is 2. The number of carbonyl (C=O) groups is 4. The second-order valence-corrected chi connectivity index (χ2v) is 9.79. The molecular formula is C29H40N2O9. The van der Waals surface area contributed by atoms with Crippen molar-refractivity contribution in [3.8, 4) is 5.75 Å². The highest BCUT2D eigenvalue weighted by Gasteiger charge is 2.28. The number of rotatable bonds is 17. The lowest BCUT2D eigenvalue weighted by molar-refractivity contribution is -0.183. The van der Waals surface area contributed by atoms with Crippen molar-refractivity contribution in [3.05, 3.63) is 42.0 Å². The molecule has 0 saturated carbocycles. The summed E-state index contributed by atoms with van der Waals surface area (Å²) < 4.78 is 27.6. The third kappa shape index (κ3) is 10.0. The van der Waals surface area contributed by atoms with Crippen LogP contribution in [0.2, 0.25) is 0 Å². The molecule has 0 spiro atoms. The Morgan fingerprint density at radius 1 is 0.875 bits per heavy atom. The maximum absolute atomic E-state index is 12.5. The molecule has 2 heterocycles. The number of hydrogen-bond donors (Lipinski definition) is 0. The first kappa shape index (κ1) is 31.3. The van der Waals surface area contributed by atoms with Crippen molar-refractivity contribution >= 4 is 23.8 Å². The van der Waals surface area contributed by atoms with Gasteiger partial charge in [0.05, 0.1) is 13.2 Å². The Kier molecular flexibility index (Phi) is 12.6. The number of ether oxygens (including phenoxy) is 5. The first-order valence-corrected chi connectivity index (χ1v) is 13.9. The van der Waals surface area contributed by atoms with E-state index in [2.05, 4.69) is 0 Å². The molecule has 2 aliphatic heterocycles. The zero-order valence-corrected chi connectivity index (χ0v) is 23.5. The number of fused-ring (bicyclic) bond motifs is 1. The molecule has 3 rings (SSSR count). The lowest BCUT2D eigenvalue weighted by Gasteiger charge is -2.32. The minimum Gasteiger partial charge on any atom is -0.478 e. The molecule has 2 amide bonds. The summed E-state index contributed by atoms with van der Waals surface area (Å²) in [7, 11) is 0. The third-order valence-electron chi connectivity index (χ3n) is 6.61. The first-order valence-electron chi connectivity index (χ1n) is 13.9. The lowest BCUT2D eigenvalue weighted by atomic mass is 10.1. The minimum absolute atomic E-state index is 0.245. The largest absolute Gasteiger partial charge is 0.478 e. The van der Waals surface area contributed by atoms with Gasteiger partial charge in [-0.25, -0.2) is 0 Å². The number of para-hydroxylation sites is 1. The molecule has 0 bridgehead atoms. The number of imide groups is 1. The highest BCUT2D eigenvalue weighted by atomic mass is 16.7. The monoisotopic (exact) mass is 560 g/mol. The van der Waals surface area contributed by atoms with E-state index >= 15 is 0 Å². The number of carbonyl (C=O) groups excluding carboxylic acids is 4. The van der Waals surface area contributed by atoms with E-state index in [-0.39, 0.29) is 30.2 Å². The summed E-state index contributed by atoms with van der Waals surface area (Å²) in [4.78, 5) is 50.6. The van der Waals surface area contributed by atoms with Crippen LogP contribution < -0.4 is 4.74 Å². The fourth-order valence-electron chi connectivity index (χ4n) is 4.23. The zero-order chi connectivity index (χ0) is 28.9. The predicted molar refractivity (Wildman–Crippen MR) is 144 cm³/mol. The van der Waals surface area contributed by atoms with Crippen molar-refractivity contribution in [2.75, 3.05) is 26.5 Å². The van der Waals surface area contributed by atoms with Gasteiger partial charge in [-0.2, -0.15) is 0 Å². The van der Waals surface area contributed by atoms with Crippen molar-refractivity contribution in [1.82, 2.24) is 9.80 Å². The SMILES string of the molecule is CC(OCCCCOC(C)OC(=O)C(C)N1COc2ccccc2C1)OC(=O)CCCCCN1C(=O)C=CC1=O. The van der Waals surface area contributed by atoms with Gasteiger partial charge in [0.25, 0.3) is 11.8 Å². The van der Waals surface area contributed by atoms with E-state index in [1.54, 1.807) is 20.8 Å². The molecular weight excluding hydrogens is 520 g/mol. The van der Waals surface area contributed by atoms with Crippen molar-refractivity contribution in [1.29, 1.82) is 0 Å². The van der Waals surface area contributed by atoms with Gasteiger partial charge in [0, 0.05) is 37.2 Å². The molecule has 11 heteroatoms. The standard InChI is InChI=1S/C29H40N2O9/c1-21(30-19-24-11-6-7-12-25(24)38-20-30)29(35)40-23(3)37-18-10-9-17-36-22(2)39-28(34)13-5-4-8-16-31-26(32)14-15-27(31)33/h6-7,11-12,14-15,21-23H,4-5,8-10,13,16-20H2,1-3H3. The van der Waals surface area contributed by atoms with Gasteiger partial charge in [0.1, 0.15) is 18.5 Å². The van der Waals surface area contributed by atoms with E-state index in [1.807, 2.05) is 29.2 Å². The van der Waals surface area contributed by atoms with Gasteiger partial charge >= 0.3 is 11.9 Å². The van der Waals surface area contributed by atoms with Gasteiger partial charge in [0.2, 0.25) is 0 Å². The van der Waals surface area contributed by atoms with Gasteiger partial charge in [-0.1, -0.05) is 24.6 Å². The van der Waals surface area contributed by atoms with Gasteiger partial charge < -0.3 is 23.7 Å². The van der Waals surface area contributed by atoms with E-state index in [9.17, 15) is 19.2 Å². The maximum atomic E-state index is 12.5. The molecule has 1 aromatic rings. The second-order valence-electron chi connectivity index (χ2n) is 9.79. The number of esters is 2. The lowest BCUT2D eigenvalue weighted by Crippen LogP contribution is -2.44. The minimum atomic E-state index is -0.679. The molecule has 0 fully saturated rings. The quantitative estimate of drug-likeness (QED) is 0.121. The predicted octanol–water partition coefficient (Wildman–Crippen LogP) is 3.30. The molecule has 2 aliphatic rings. The van der Waals surface area contributed by atoms with Gasteiger partial charge in [0.15, 0.2) is 12.6 Å². The van der Waals surface area contributed by atoms with Crippen LogP contribution in [0, 0.1) is 0 Å². The van der Waals surface area contributed by atoms with Gasteiger partial charge in [-0.05, 0) is 52.5 Å². The Labute approximate surface area is 235 Å². The fraction of sp³-hybridized carbons (Fsp3) is 0.586. The molecule has 40 heavy (non-hydrogen) atoms. The van der Waals surface area contributed by atoms with Crippen LogP contribution in [0.3, 0.4) is 0 Å². The van der Waals surface area contributed by atoms with E-state index in [4.69, 9.17) is 23.7 Å². The van der Waals surface area contributed by atoms with Gasteiger partial charge in [-0.15, -0.1) is 0 Å². The second kappa shape index (κ2) is 16.1. The van der Waals surface area contributed by atoms with Crippen LogP contribution >= 0.6 is 0 Å². The Morgan fingerprint density at radius 2 is 1.52 bits per heavy atom. The molecule has 0 aliphatic carbocycles. The summed E-state index contributed by atoms with van der Waals surface area (Å²) in [6, 6.07) is 7.29. The van der Waals surface area contributed by atoms with Crippen molar-refractivity contribution < 1.29 is 42.9 Å². The Balaban J connectivity index is 1.16. The summed E-state index contributed by atoms with van der Waals surface area (Å²) in [6.07, 6.45) is 4.75. The highest BCUT2D eigenvalue weighted by Crippen LogP contribution is 2.25. The molecule has 220 valence electrons. The van der Waals surface area contributed by atoms with Crippen molar-refractivity contribution in [2.45, 2.75) is 84.5 Å². The van der Waals surface area contributed by atoms with E-state index < -0.39 is 18.6 Å². The van der Waals surface area contributed by atoms with Crippen LogP contribution in [0.4, 0.5) is 0 Å². The summed E-state index contributed by atoms with van der Waals surface area (Å²) in [5, 5.41) is 0. The maximum Gasteiger partial charge on any atom is 0.325 e.